The SMILES string of the molecule is COC(=O)C(C)=CCN(CC1CC1)CC1CC1. The number of ether oxygens (including phenoxy) is 1. The van der Waals surface area contributed by atoms with Gasteiger partial charge in [-0.2, -0.15) is 0 Å². The van der Waals surface area contributed by atoms with Gasteiger partial charge in [0, 0.05) is 25.2 Å². The van der Waals surface area contributed by atoms with Crippen LogP contribution in [-0.2, 0) is 9.53 Å². The van der Waals surface area contributed by atoms with Crippen LogP contribution >= 0.6 is 0 Å². The highest BCUT2D eigenvalue weighted by atomic mass is 16.5. The maximum Gasteiger partial charge on any atom is 0.333 e. The topological polar surface area (TPSA) is 29.5 Å². The molecular weight excluding hydrogens is 214 g/mol. The second-order valence-electron chi connectivity index (χ2n) is 5.48. The quantitative estimate of drug-likeness (QED) is 0.502. The largest absolute Gasteiger partial charge is 0.466 e. The van der Waals surface area contributed by atoms with Crippen molar-refractivity contribution < 1.29 is 9.53 Å². The van der Waals surface area contributed by atoms with Crippen LogP contribution in [-0.4, -0.2) is 37.6 Å². The van der Waals surface area contributed by atoms with Gasteiger partial charge in [-0.05, 0) is 44.4 Å². The third-order valence-corrected chi connectivity index (χ3v) is 3.59. The smallest absolute Gasteiger partial charge is 0.333 e. The molecule has 0 bridgehead atoms. The molecule has 17 heavy (non-hydrogen) atoms. The number of carbonyl (C=O) groups is 1. The molecule has 0 aliphatic heterocycles. The lowest BCUT2D eigenvalue weighted by Crippen LogP contribution is -2.28. The van der Waals surface area contributed by atoms with Gasteiger partial charge in [-0.15, -0.1) is 0 Å². The fourth-order valence-electron chi connectivity index (χ4n) is 2.07. The Morgan fingerprint density at radius 3 is 2.18 bits per heavy atom. The Bertz CT molecular complexity index is 289. The van der Waals surface area contributed by atoms with Gasteiger partial charge in [-0.25, -0.2) is 4.79 Å². The number of methoxy groups -OCH3 is 1. The minimum atomic E-state index is -0.206. The van der Waals surface area contributed by atoms with E-state index in [1.165, 1.54) is 45.9 Å². The van der Waals surface area contributed by atoms with E-state index in [0.29, 0.717) is 0 Å². The number of hydrogen-bond donors (Lipinski definition) is 0. The molecule has 0 spiro atoms. The van der Waals surface area contributed by atoms with E-state index in [4.69, 9.17) is 4.74 Å². The summed E-state index contributed by atoms with van der Waals surface area (Å²) in [5, 5.41) is 0. The molecule has 3 nitrogen and oxygen atoms in total. The van der Waals surface area contributed by atoms with Crippen LogP contribution in [0.5, 0.6) is 0 Å². The molecule has 3 heteroatoms. The van der Waals surface area contributed by atoms with Crippen LogP contribution in [0.15, 0.2) is 11.6 Å². The Morgan fingerprint density at radius 2 is 1.76 bits per heavy atom. The minimum absolute atomic E-state index is 0.206. The Kier molecular flexibility index (Phi) is 4.21. The summed E-state index contributed by atoms with van der Waals surface area (Å²) in [4.78, 5) is 13.8. The van der Waals surface area contributed by atoms with Crippen molar-refractivity contribution >= 4 is 5.97 Å². The number of nitrogens with zero attached hydrogens (tertiary/aromatic N) is 1. The first-order valence-electron chi connectivity index (χ1n) is 6.66. The van der Waals surface area contributed by atoms with E-state index >= 15 is 0 Å². The van der Waals surface area contributed by atoms with E-state index in [-0.39, 0.29) is 5.97 Å². The average molecular weight is 237 g/mol. The number of rotatable bonds is 7. The lowest BCUT2D eigenvalue weighted by atomic mass is 10.2. The molecule has 0 amide bonds. The average Bonchev–Trinajstić information content (AvgIpc) is 3.19. The van der Waals surface area contributed by atoms with E-state index in [2.05, 4.69) is 4.90 Å². The number of hydrogen-bond acceptors (Lipinski definition) is 3. The summed E-state index contributed by atoms with van der Waals surface area (Å²) in [5.74, 6) is 1.63. The van der Waals surface area contributed by atoms with Crippen molar-refractivity contribution in [2.75, 3.05) is 26.7 Å². The van der Waals surface area contributed by atoms with Gasteiger partial charge in [0.25, 0.3) is 0 Å². The van der Waals surface area contributed by atoms with Gasteiger partial charge in [0.15, 0.2) is 0 Å². The lowest BCUT2D eigenvalue weighted by Gasteiger charge is -2.20. The first-order valence-corrected chi connectivity index (χ1v) is 6.66. The molecule has 0 aromatic rings. The van der Waals surface area contributed by atoms with E-state index in [1.54, 1.807) is 0 Å². The van der Waals surface area contributed by atoms with Crippen LogP contribution in [0, 0.1) is 11.8 Å². The molecule has 2 aliphatic carbocycles. The maximum atomic E-state index is 11.3. The third-order valence-electron chi connectivity index (χ3n) is 3.59. The van der Waals surface area contributed by atoms with Crippen molar-refractivity contribution in [3.63, 3.8) is 0 Å². The minimum Gasteiger partial charge on any atom is -0.466 e. The Morgan fingerprint density at radius 1 is 1.24 bits per heavy atom. The third kappa shape index (κ3) is 4.50. The predicted molar refractivity (Wildman–Crippen MR) is 67.7 cm³/mol. The van der Waals surface area contributed by atoms with Crippen molar-refractivity contribution in [1.29, 1.82) is 0 Å². The molecule has 0 saturated heterocycles. The molecule has 96 valence electrons. The molecule has 0 aromatic heterocycles. The molecule has 0 N–H and O–H groups in total. The maximum absolute atomic E-state index is 11.3. The molecule has 0 radical (unpaired) electrons. The molecule has 2 aliphatic rings. The zero-order valence-corrected chi connectivity index (χ0v) is 10.9. The first kappa shape index (κ1) is 12.6. The summed E-state index contributed by atoms with van der Waals surface area (Å²) >= 11 is 0. The summed E-state index contributed by atoms with van der Waals surface area (Å²) in [6, 6.07) is 0. The second kappa shape index (κ2) is 5.67. The van der Waals surface area contributed by atoms with Crippen LogP contribution < -0.4 is 0 Å². The number of esters is 1. The molecule has 0 unspecified atom stereocenters. The van der Waals surface area contributed by atoms with E-state index in [1.807, 2.05) is 13.0 Å². The Hall–Kier alpha value is -0.830. The summed E-state index contributed by atoms with van der Waals surface area (Å²) in [7, 11) is 1.44. The normalized spacial score (nSPS) is 20.8. The summed E-state index contributed by atoms with van der Waals surface area (Å²) in [6.07, 6.45) is 7.57. The fraction of sp³-hybridized carbons (Fsp3) is 0.786. The summed E-state index contributed by atoms with van der Waals surface area (Å²) in [5.41, 5.74) is 0.726. The molecular formula is C14H23NO2. The zero-order valence-electron chi connectivity index (χ0n) is 10.9. The van der Waals surface area contributed by atoms with E-state index in [9.17, 15) is 4.79 Å². The van der Waals surface area contributed by atoms with Crippen LogP contribution in [0.1, 0.15) is 32.6 Å². The van der Waals surface area contributed by atoms with Crippen LogP contribution in [0.3, 0.4) is 0 Å². The Balaban J connectivity index is 1.79. The van der Waals surface area contributed by atoms with Crippen molar-refractivity contribution in [3.05, 3.63) is 11.6 Å². The number of carbonyl (C=O) groups excluding carboxylic acids is 1. The lowest BCUT2D eigenvalue weighted by molar-refractivity contribution is -0.136. The van der Waals surface area contributed by atoms with Gasteiger partial charge >= 0.3 is 5.97 Å². The van der Waals surface area contributed by atoms with Crippen molar-refractivity contribution in [1.82, 2.24) is 4.90 Å². The highest BCUT2D eigenvalue weighted by Crippen LogP contribution is 2.33. The van der Waals surface area contributed by atoms with Gasteiger partial charge in [-0.1, -0.05) is 6.08 Å². The fourth-order valence-corrected chi connectivity index (χ4v) is 2.07. The van der Waals surface area contributed by atoms with Crippen LogP contribution in [0.4, 0.5) is 0 Å². The molecule has 0 heterocycles. The standard InChI is InChI=1S/C14H23NO2/c1-11(14(16)17-2)7-8-15(9-12-3-4-12)10-13-5-6-13/h7,12-13H,3-6,8-10H2,1-2H3. The molecule has 2 fully saturated rings. The first-order chi connectivity index (χ1) is 8.19. The van der Waals surface area contributed by atoms with Gasteiger partial charge in [0.05, 0.1) is 7.11 Å². The highest BCUT2D eigenvalue weighted by molar-refractivity contribution is 5.87. The Labute approximate surface area is 104 Å². The van der Waals surface area contributed by atoms with E-state index < -0.39 is 0 Å². The highest BCUT2D eigenvalue weighted by Gasteiger charge is 2.28. The van der Waals surface area contributed by atoms with Crippen LogP contribution in [0.2, 0.25) is 0 Å². The van der Waals surface area contributed by atoms with Gasteiger partial charge in [0.2, 0.25) is 0 Å². The van der Waals surface area contributed by atoms with Gasteiger partial charge in [-0.3, -0.25) is 4.90 Å². The van der Waals surface area contributed by atoms with Crippen molar-refractivity contribution in [3.8, 4) is 0 Å². The van der Waals surface area contributed by atoms with E-state index in [0.717, 1.165) is 24.0 Å². The van der Waals surface area contributed by atoms with Gasteiger partial charge in [0.1, 0.15) is 0 Å². The van der Waals surface area contributed by atoms with Crippen molar-refractivity contribution in [2.45, 2.75) is 32.6 Å². The van der Waals surface area contributed by atoms with Crippen molar-refractivity contribution in [2.24, 2.45) is 11.8 Å². The monoisotopic (exact) mass is 237 g/mol. The molecule has 2 saturated carbocycles. The molecule has 0 atom stereocenters. The summed E-state index contributed by atoms with van der Waals surface area (Å²) < 4.78 is 4.71. The predicted octanol–water partition coefficient (Wildman–Crippen LogP) is 2.23. The summed E-state index contributed by atoms with van der Waals surface area (Å²) in [6.45, 7) is 5.15. The zero-order chi connectivity index (χ0) is 12.3. The van der Waals surface area contributed by atoms with Crippen LogP contribution in [0.25, 0.3) is 0 Å². The van der Waals surface area contributed by atoms with Gasteiger partial charge < -0.3 is 4.74 Å². The molecule has 2 rings (SSSR count). The second-order valence-corrected chi connectivity index (χ2v) is 5.48. The molecule has 0 aromatic carbocycles.